The summed E-state index contributed by atoms with van der Waals surface area (Å²) in [4.78, 5) is 73.6. The molecular weight excluding hydrogens is 1100 g/mol. The molecule has 2 saturated heterocycles. The Morgan fingerprint density at radius 1 is 0.471 bits per heavy atom. The smallest absolute Gasteiger partial charge is 0.338 e. The van der Waals surface area contributed by atoms with Crippen LogP contribution in [0.4, 0.5) is 0 Å². The number of aromatic nitrogens is 6. The highest BCUT2D eigenvalue weighted by atomic mass is 16.7. The van der Waals surface area contributed by atoms with Gasteiger partial charge in [-0.05, 0) is 71.7 Å². The first-order valence-electron chi connectivity index (χ1n) is 26.5. The number of rotatable bonds is 26. The minimum atomic E-state index is -1.58. The fourth-order valence-electron chi connectivity index (χ4n) is 8.92. The molecule has 2 aliphatic heterocycles. The summed E-state index contributed by atoms with van der Waals surface area (Å²) in [5, 5.41) is 24.1. The molecule has 9 rings (SSSR count). The maximum atomic E-state index is 13.8. The predicted molar refractivity (Wildman–Crippen MR) is 294 cm³/mol. The van der Waals surface area contributed by atoms with Crippen LogP contribution in [0, 0.1) is 0 Å². The Morgan fingerprint density at radius 2 is 0.800 bits per heavy atom. The first-order chi connectivity index (χ1) is 41.5. The number of esters is 5. The van der Waals surface area contributed by atoms with Crippen molar-refractivity contribution in [2.75, 3.05) is 26.3 Å². The van der Waals surface area contributed by atoms with Crippen molar-refractivity contribution in [1.82, 2.24) is 30.0 Å². The Kier molecular flexibility index (Phi) is 21.1. The van der Waals surface area contributed by atoms with Crippen LogP contribution in [0.25, 0.3) is 20.9 Å². The number of nitrogens with zero attached hydrogens (tertiary/aromatic N) is 12. The summed E-state index contributed by atoms with van der Waals surface area (Å²) >= 11 is 0. The molecule has 0 saturated carbocycles. The van der Waals surface area contributed by atoms with Gasteiger partial charge in [0.25, 0.3) is 0 Å². The van der Waals surface area contributed by atoms with Crippen molar-refractivity contribution in [3.8, 4) is 0 Å². The molecule has 7 aromatic rings. The van der Waals surface area contributed by atoms with E-state index in [1.165, 1.54) is 45.8 Å². The van der Waals surface area contributed by atoms with E-state index in [1.54, 1.807) is 128 Å². The summed E-state index contributed by atoms with van der Waals surface area (Å²) in [7, 11) is 6.66. The maximum absolute atomic E-state index is 13.8. The molecule has 27 nitrogen and oxygen atoms in total. The van der Waals surface area contributed by atoms with E-state index in [-0.39, 0.29) is 73.9 Å². The van der Waals surface area contributed by atoms with Crippen LogP contribution in [0.15, 0.2) is 174 Å². The molecule has 5 aromatic carbocycles. The van der Waals surface area contributed by atoms with Crippen LogP contribution in [0.5, 0.6) is 0 Å². The van der Waals surface area contributed by atoms with E-state index < -0.39 is 97.5 Å². The molecule has 85 heavy (non-hydrogen) atoms. The Bertz CT molecular complexity index is 3430. The minimum absolute atomic E-state index is 0.134. The molecule has 2 aromatic heterocycles. The highest BCUT2D eigenvalue weighted by molar-refractivity contribution is 6.12. The molecule has 2 radical (unpaired) electrons. The zero-order valence-electron chi connectivity index (χ0n) is 45.1. The molecule has 28 heteroatoms. The molecule has 2 fully saturated rings. The summed E-state index contributed by atoms with van der Waals surface area (Å²) in [6.45, 7) is -0.311. The third-order valence-electron chi connectivity index (χ3n) is 13.1. The summed E-state index contributed by atoms with van der Waals surface area (Å²) in [5.41, 5.74) is 20.1. The zero-order chi connectivity index (χ0) is 59.3. The van der Waals surface area contributed by atoms with Crippen molar-refractivity contribution in [2.24, 2.45) is 10.2 Å². The Hall–Kier alpha value is -9.79. The van der Waals surface area contributed by atoms with Crippen molar-refractivity contribution in [1.29, 1.82) is 0 Å². The fraction of sp³-hybridized carbons (Fsp3) is 0.316. The average molecular weight is 1160 g/mol. The molecule has 0 N–H and O–H groups in total. The molecule has 2 aliphatic rings. The van der Waals surface area contributed by atoms with E-state index in [2.05, 4.69) is 40.7 Å². The molecule has 0 amide bonds. The first-order valence-corrected chi connectivity index (χ1v) is 26.5. The zero-order valence-corrected chi connectivity index (χ0v) is 45.1. The Morgan fingerprint density at radius 3 is 1.19 bits per heavy atom. The van der Waals surface area contributed by atoms with Crippen molar-refractivity contribution in [2.45, 2.75) is 87.4 Å². The summed E-state index contributed by atoms with van der Waals surface area (Å²) in [6.07, 6.45) is -9.33. The monoisotopic (exact) mass is 1160 g/mol. The van der Waals surface area contributed by atoms with Crippen LogP contribution in [0.2, 0.25) is 5.82 Å². The van der Waals surface area contributed by atoms with Gasteiger partial charge in [-0.15, -0.1) is 10.2 Å². The average Bonchev–Trinajstić information content (AvgIpc) is 2.76. The van der Waals surface area contributed by atoms with Gasteiger partial charge in [-0.2, -0.15) is 0 Å². The third-order valence-corrected chi connectivity index (χ3v) is 13.1. The van der Waals surface area contributed by atoms with Gasteiger partial charge in [0.05, 0.1) is 101 Å². The van der Waals surface area contributed by atoms with Crippen LogP contribution in [0.1, 0.15) is 63.2 Å². The van der Waals surface area contributed by atoms with E-state index in [0.29, 0.717) is 11.4 Å². The van der Waals surface area contributed by atoms with E-state index in [4.69, 9.17) is 55.2 Å². The normalized spacial score (nSPS) is 21.6. The van der Waals surface area contributed by atoms with Gasteiger partial charge < -0.3 is 47.4 Å². The van der Waals surface area contributed by atoms with E-state index in [0.717, 1.165) is 0 Å². The SMILES string of the molecule is [B][C@@H]1[C@H](OCc2cn(CCOCCn3cc(CO[C@@H]4O[C@H](CN=[N+]=[N-])[C@@H](OC(=O)c5ccccc5)[C@H](OC(=O)c5ccccc5)[C@@H]4OC(=O)c4ccccc4)nn3)nn2)O[C@H](CN=[N+]=[N-])[C@@H](OC(=O)c2ccccc2)[C@@H]1OC(=O)c1ccccc1. The van der Waals surface area contributed by atoms with E-state index in [1.807, 2.05) is 0 Å². The van der Waals surface area contributed by atoms with Gasteiger partial charge in [-0.25, -0.2) is 33.3 Å². The second-order valence-corrected chi connectivity index (χ2v) is 18.9. The number of carbonyl (C=O) groups excluding carboxylic acids is 5. The molecule has 10 atom stereocenters. The van der Waals surface area contributed by atoms with Crippen LogP contribution >= 0.6 is 0 Å². The second-order valence-electron chi connectivity index (χ2n) is 18.9. The van der Waals surface area contributed by atoms with Gasteiger partial charge in [0.1, 0.15) is 29.7 Å². The molecular formula is C57H53BN12O15. The molecule has 0 aliphatic carbocycles. The summed E-state index contributed by atoms with van der Waals surface area (Å²) in [6, 6.07) is 40.3. The van der Waals surface area contributed by atoms with Gasteiger partial charge in [-0.3, -0.25) is 0 Å². The van der Waals surface area contributed by atoms with Gasteiger partial charge in [0, 0.05) is 15.6 Å². The van der Waals surface area contributed by atoms with E-state index in [9.17, 15) is 35.0 Å². The lowest BCUT2D eigenvalue weighted by atomic mass is 9.76. The predicted octanol–water partition coefficient (Wildman–Crippen LogP) is 6.78. The van der Waals surface area contributed by atoms with Crippen LogP contribution in [-0.4, -0.2) is 149 Å². The largest absolute Gasteiger partial charge is 0.455 e. The van der Waals surface area contributed by atoms with Gasteiger partial charge in [0.15, 0.2) is 37.0 Å². The molecule has 0 unspecified atom stereocenters. The second kappa shape index (κ2) is 30.0. The number of carbonyl (C=O) groups is 5. The molecule has 0 spiro atoms. The van der Waals surface area contributed by atoms with Crippen LogP contribution in [0.3, 0.4) is 0 Å². The van der Waals surface area contributed by atoms with E-state index >= 15 is 0 Å². The minimum Gasteiger partial charge on any atom is -0.455 e. The fourth-order valence-corrected chi connectivity index (χ4v) is 8.92. The van der Waals surface area contributed by atoms with Gasteiger partial charge in [0.2, 0.25) is 0 Å². The van der Waals surface area contributed by atoms with Gasteiger partial charge >= 0.3 is 29.8 Å². The highest BCUT2D eigenvalue weighted by Gasteiger charge is 2.53. The van der Waals surface area contributed by atoms with Gasteiger partial charge in [-0.1, -0.05) is 112 Å². The molecule has 434 valence electrons. The lowest BCUT2D eigenvalue weighted by molar-refractivity contribution is -0.295. The number of ether oxygens (including phenoxy) is 10. The highest BCUT2D eigenvalue weighted by Crippen LogP contribution is 2.36. The third kappa shape index (κ3) is 16.3. The summed E-state index contributed by atoms with van der Waals surface area (Å²) in [5.74, 6) is -5.24. The Labute approximate surface area is 485 Å². The first kappa shape index (κ1) is 59.8. The van der Waals surface area contributed by atoms with Crippen molar-refractivity contribution in [3.05, 3.63) is 224 Å². The van der Waals surface area contributed by atoms with Crippen molar-refractivity contribution >= 4 is 37.7 Å². The molecule has 4 heterocycles. The quantitative estimate of drug-likeness (QED) is 0.0103. The Balaban J connectivity index is 0.810. The lowest BCUT2D eigenvalue weighted by Crippen LogP contribution is -2.62. The topological polar surface area (TPSA) is 337 Å². The number of hydrogen-bond acceptors (Lipinski definition) is 21. The lowest BCUT2D eigenvalue weighted by Gasteiger charge is -2.44. The molecule has 0 bridgehead atoms. The van der Waals surface area contributed by atoms with Crippen molar-refractivity contribution in [3.63, 3.8) is 0 Å². The summed E-state index contributed by atoms with van der Waals surface area (Å²) < 4.78 is 63.5. The van der Waals surface area contributed by atoms with Crippen LogP contribution < -0.4 is 0 Å². The number of azide groups is 2. The standard InChI is InChI=1S/C57H53BN12O15/c58-45-48(83-53(73)38-20-10-3-11-21-38)46(81-51(71)36-16-6-1-7-17-36)43(30-61-65-59)79-56(45)77-34-41-32-69(67-63-41)26-28-76-29-27-70-33-42(64-68-70)35-78-57-50(85-55(75)40-24-14-5-15-25-40)49(84-54(74)39-22-12-4-13-23-39)47(44(80-57)31-62-66-60)82-52(72)37-18-8-2-9-19-37/h1-25,32-33,43-50,56-57H,26-31,34-35H2/t43-,44-,45+,46-,47-,48-,49+,50+,56-,57-/m1/s1. The number of hydrogen-bond donors (Lipinski definition) is 0. The maximum Gasteiger partial charge on any atom is 0.338 e. The number of benzene rings is 5. The van der Waals surface area contributed by atoms with Crippen molar-refractivity contribution < 1.29 is 71.3 Å². The van der Waals surface area contributed by atoms with Crippen LogP contribution in [-0.2, 0) is 73.7 Å².